The predicted molar refractivity (Wildman–Crippen MR) is 38.1 cm³/mol. The fourth-order valence-corrected chi connectivity index (χ4v) is 0.881. The first-order chi connectivity index (χ1) is 4.74. The highest BCUT2D eigenvalue weighted by atomic mass is 16.2. The zero-order valence-electron chi connectivity index (χ0n) is 6.13. The summed E-state index contributed by atoms with van der Waals surface area (Å²) >= 11 is 0. The largest absolute Gasteiger partial charge is 0.331 e. The number of nitrogens with zero attached hydrogens (tertiary/aromatic N) is 1. The first-order valence-electron chi connectivity index (χ1n) is 3.45. The number of nitrogens with one attached hydrogen (secondary N) is 1. The van der Waals surface area contributed by atoms with Crippen molar-refractivity contribution in [2.75, 3.05) is 13.6 Å². The second-order valence-corrected chi connectivity index (χ2v) is 2.77. The molecule has 0 aliphatic heterocycles. The summed E-state index contributed by atoms with van der Waals surface area (Å²) in [5.41, 5.74) is 2.08. The molecule has 0 radical (unpaired) electrons. The second-order valence-electron chi connectivity index (χ2n) is 2.77. The molecule has 1 saturated carbocycles. The van der Waals surface area contributed by atoms with Crippen LogP contribution in [0.25, 0.3) is 0 Å². The lowest BCUT2D eigenvalue weighted by Gasteiger charge is -2.14. The quantitative estimate of drug-likeness (QED) is 0.322. The Balaban J connectivity index is 2.18. The van der Waals surface area contributed by atoms with Gasteiger partial charge in [-0.05, 0) is 18.8 Å². The van der Waals surface area contributed by atoms with Gasteiger partial charge in [0.25, 0.3) is 0 Å². The number of urea groups is 1. The Morgan fingerprint density at radius 1 is 1.80 bits per heavy atom. The van der Waals surface area contributed by atoms with Crippen LogP contribution in [0.15, 0.2) is 0 Å². The van der Waals surface area contributed by atoms with Gasteiger partial charge >= 0.3 is 6.03 Å². The van der Waals surface area contributed by atoms with Crippen LogP contribution in [0, 0.1) is 5.92 Å². The van der Waals surface area contributed by atoms with Gasteiger partial charge in [-0.15, -0.1) is 0 Å². The highest BCUT2D eigenvalue weighted by molar-refractivity contribution is 5.73. The molecule has 58 valence electrons. The van der Waals surface area contributed by atoms with Gasteiger partial charge < -0.3 is 4.90 Å². The van der Waals surface area contributed by atoms with Gasteiger partial charge in [-0.25, -0.2) is 10.6 Å². The van der Waals surface area contributed by atoms with Gasteiger partial charge in [0.1, 0.15) is 0 Å². The van der Waals surface area contributed by atoms with Crippen molar-refractivity contribution in [2.45, 2.75) is 12.8 Å². The lowest BCUT2D eigenvalue weighted by atomic mass is 10.4. The molecular weight excluding hydrogens is 130 g/mol. The Morgan fingerprint density at radius 2 is 2.40 bits per heavy atom. The summed E-state index contributed by atoms with van der Waals surface area (Å²) in [5.74, 6) is 5.65. The summed E-state index contributed by atoms with van der Waals surface area (Å²) in [6.07, 6.45) is 2.50. The maximum absolute atomic E-state index is 10.8. The van der Waals surface area contributed by atoms with Crippen molar-refractivity contribution < 1.29 is 4.79 Å². The van der Waals surface area contributed by atoms with Crippen molar-refractivity contribution in [3.8, 4) is 0 Å². The van der Waals surface area contributed by atoms with Crippen LogP contribution < -0.4 is 11.3 Å². The minimum absolute atomic E-state index is 0.202. The number of hydrazine groups is 1. The van der Waals surface area contributed by atoms with Crippen LogP contribution in [-0.4, -0.2) is 24.5 Å². The Morgan fingerprint density at radius 3 is 2.80 bits per heavy atom. The molecule has 1 aliphatic rings. The SMILES string of the molecule is CN(CC1CC1)C(=O)NN. The molecule has 3 N–H and O–H groups in total. The number of carbonyl (C=O) groups excluding carboxylic acids is 1. The molecule has 0 atom stereocenters. The van der Waals surface area contributed by atoms with Gasteiger partial charge in [0.05, 0.1) is 0 Å². The smallest absolute Gasteiger partial charge is 0.327 e. The molecular formula is C6H13N3O. The highest BCUT2D eigenvalue weighted by Crippen LogP contribution is 2.29. The molecule has 1 rings (SSSR count). The third-order valence-corrected chi connectivity index (χ3v) is 1.70. The average molecular weight is 143 g/mol. The number of hydrogen-bond acceptors (Lipinski definition) is 2. The van der Waals surface area contributed by atoms with E-state index in [4.69, 9.17) is 5.84 Å². The molecule has 2 amide bonds. The Labute approximate surface area is 60.3 Å². The van der Waals surface area contributed by atoms with E-state index in [0.29, 0.717) is 0 Å². The fraction of sp³-hybridized carbons (Fsp3) is 0.833. The predicted octanol–water partition coefficient (Wildman–Crippen LogP) is -0.0885. The van der Waals surface area contributed by atoms with Crippen LogP contribution in [0.3, 0.4) is 0 Å². The van der Waals surface area contributed by atoms with Crippen LogP contribution in [0.2, 0.25) is 0 Å². The number of amides is 2. The zero-order valence-corrected chi connectivity index (χ0v) is 6.13. The van der Waals surface area contributed by atoms with E-state index in [2.05, 4.69) is 5.43 Å². The van der Waals surface area contributed by atoms with Gasteiger partial charge in [-0.3, -0.25) is 5.43 Å². The number of nitrogens with two attached hydrogens (primary N) is 1. The van der Waals surface area contributed by atoms with Crippen molar-refractivity contribution in [2.24, 2.45) is 11.8 Å². The molecule has 0 aromatic carbocycles. The number of carbonyl (C=O) groups is 1. The van der Waals surface area contributed by atoms with E-state index in [0.717, 1.165) is 12.5 Å². The van der Waals surface area contributed by atoms with Gasteiger partial charge in [-0.1, -0.05) is 0 Å². The molecule has 1 fully saturated rings. The van der Waals surface area contributed by atoms with Crippen LogP contribution in [0.5, 0.6) is 0 Å². The Kier molecular flexibility index (Phi) is 2.11. The van der Waals surface area contributed by atoms with Gasteiger partial charge in [-0.2, -0.15) is 0 Å². The van der Waals surface area contributed by atoms with Crippen molar-refractivity contribution in [1.82, 2.24) is 10.3 Å². The van der Waals surface area contributed by atoms with E-state index >= 15 is 0 Å². The van der Waals surface area contributed by atoms with E-state index in [1.165, 1.54) is 12.8 Å². The molecule has 0 aromatic rings. The third kappa shape index (κ3) is 1.88. The summed E-state index contributed by atoms with van der Waals surface area (Å²) in [7, 11) is 1.75. The summed E-state index contributed by atoms with van der Waals surface area (Å²) in [4.78, 5) is 12.4. The third-order valence-electron chi connectivity index (χ3n) is 1.70. The van der Waals surface area contributed by atoms with Crippen molar-refractivity contribution >= 4 is 6.03 Å². The van der Waals surface area contributed by atoms with Crippen molar-refractivity contribution in [1.29, 1.82) is 0 Å². The molecule has 0 spiro atoms. The summed E-state index contributed by atoms with van der Waals surface area (Å²) in [6.45, 7) is 0.836. The topological polar surface area (TPSA) is 58.4 Å². The maximum Gasteiger partial charge on any atom is 0.331 e. The number of hydrogen-bond donors (Lipinski definition) is 2. The van der Waals surface area contributed by atoms with E-state index in [1.54, 1.807) is 11.9 Å². The summed E-state index contributed by atoms with van der Waals surface area (Å²) in [5, 5.41) is 0. The minimum atomic E-state index is -0.202. The first kappa shape index (κ1) is 7.34. The van der Waals surface area contributed by atoms with Crippen LogP contribution in [0.1, 0.15) is 12.8 Å². The molecule has 0 unspecified atom stereocenters. The maximum atomic E-state index is 10.8. The zero-order chi connectivity index (χ0) is 7.56. The molecule has 10 heavy (non-hydrogen) atoms. The van der Waals surface area contributed by atoms with E-state index in [-0.39, 0.29) is 6.03 Å². The second kappa shape index (κ2) is 2.88. The lowest BCUT2D eigenvalue weighted by molar-refractivity contribution is 0.207. The Bertz CT molecular complexity index is 133. The van der Waals surface area contributed by atoms with Crippen LogP contribution in [0.4, 0.5) is 4.79 Å². The molecule has 0 aromatic heterocycles. The fourth-order valence-electron chi connectivity index (χ4n) is 0.881. The monoisotopic (exact) mass is 143 g/mol. The average Bonchev–Trinajstić information content (AvgIpc) is 2.70. The van der Waals surface area contributed by atoms with Gasteiger partial charge in [0.15, 0.2) is 0 Å². The van der Waals surface area contributed by atoms with Gasteiger partial charge in [0, 0.05) is 13.6 Å². The molecule has 4 nitrogen and oxygen atoms in total. The van der Waals surface area contributed by atoms with Crippen LogP contribution in [-0.2, 0) is 0 Å². The van der Waals surface area contributed by atoms with Crippen molar-refractivity contribution in [3.63, 3.8) is 0 Å². The number of rotatable bonds is 2. The molecule has 0 bridgehead atoms. The summed E-state index contributed by atoms with van der Waals surface area (Å²) in [6, 6.07) is -0.202. The summed E-state index contributed by atoms with van der Waals surface area (Å²) < 4.78 is 0. The van der Waals surface area contributed by atoms with E-state index in [1.807, 2.05) is 0 Å². The normalized spacial score (nSPS) is 16.6. The Hall–Kier alpha value is -0.770. The lowest BCUT2D eigenvalue weighted by Crippen LogP contribution is -2.41. The molecule has 4 heteroatoms. The molecule has 0 saturated heterocycles. The highest BCUT2D eigenvalue weighted by Gasteiger charge is 2.24. The molecule has 1 aliphatic carbocycles. The van der Waals surface area contributed by atoms with Crippen LogP contribution >= 0.6 is 0 Å². The van der Waals surface area contributed by atoms with E-state index in [9.17, 15) is 4.79 Å². The first-order valence-corrected chi connectivity index (χ1v) is 3.45. The minimum Gasteiger partial charge on any atom is -0.327 e. The van der Waals surface area contributed by atoms with Crippen molar-refractivity contribution in [3.05, 3.63) is 0 Å². The molecule has 0 heterocycles. The standard InChI is InChI=1S/C6H13N3O/c1-9(6(10)8-7)4-5-2-3-5/h5H,2-4,7H2,1H3,(H,8,10). The van der Waals surface area contributed by atoms with Gasteiger partial charge in [0.2, 0.25) is 0 Å². The van der Waals surface area contributed by atoms with E-state index < -0.39 is 0 Å².